The molecule has 3 aliphatic rings. The Balaban J connectivity index is 0.000000335. The third kappa shape index (κ3) is 8.30. The molecule has 236 valence electrons. The Labute approximate surface area is 296 Å². The van der Waals surface area contributed by atoms with Crippen LogP contribution in [0.4, 0.5) is 0 Å². The summed E-state index contributed by atoms with van der Waals surface area (Å²) in [5.74, 6) is 0.573. The Bertz CT molecular complexity index is 1550. The van der Waals surface area contributed by atoms with Gasteiger partial charge < -0.3 is 24.8 Å². The smallest absolute Gasteiger partial charge is 1.00 e. The molecule has 0 saturated heterocycles. The van der Waals surface area contributed by atoms with Gasteiger partial charge in [0.1, 0.15) is 0 Å². The fourth-order valence-corrected chi connectivity index (χ4v) is 6.35. The van der Waals surface area contributed by atoms with E-state index in [1.165, 1.54) is 70.1 Å². The molecule has 0 amide bonds. The minimum absolute atomic E-state index is 0. The summed E-state index contributed by atoms with van der Waals surface area (Å²) in [5.41, 5.74) is 10.9. The number of fused-ring (bicyclic) bond motifs is 5. The Hall–Kier alpha value is -1.40. The molecule has 3 heteroatoms. The number of rotatable bonds is 1. The fourth-order valence-electron chi connectivity index (χ4n) is 6.35. The van der Waals surface area contributed by atoms with Crippen LogP contribution in [-0.4, -0.2) is 3.21 Å². The molecular formula is C41H52Cl2Zr-2. The van der Waals surface area contributed by atoms with E-state index in [-0.39, 0.29) is 35.6 Å². The molecule has 0 aliphatic heterocycles. The van der Waals surface area contributed by atoms with Crippen LogP contribution in [0.25, 0.3) is 32.7 Å². The van der Waals surface area contributed by atoms with Crippen molar-refractivity contribution >= 4 is 35.9 Å². The molecule has 6 rings (SSSR count). The van der Waals surface area contributed by atoms with Crippen LogP contribution < -0.4 is 24.8 Å². The molecule has 0 spiro atoms. The summed E-state index contributed by atoms with van der Waals surface area (Å²) in [5, 5.41) is 5.61. The average Bonchev–Trinajstić information content (AvgIpc) is 3.52. The second-order valence-electron chi connectivity index (χ2n) is 15.3. The van der Waals surface area contributed by atoms with Crippen molar-refractivity contribution in [2.75, 3.05) is 0 Å². The van der Waals surface area contributed by atoms with Gasteiger partial charge in [0.25, 0.3) is 0 Å². The first kappa shape index (κ1) is 38.8. The maximum absolute atomic E-state index is 3.35. The maximum Gasteiger partial charge on any atom is -1.00 e. The number of halogens is 2. The number of benzene rings is 2. The van der Waals surface area contributed by atoms with Crippen LogP contribution in [-0.2, 0) is 35.1 Å². The molecule has 3 aromatic carbocycles. The predicted molar refractivity (Wildman–Crippen MR) is 185 cm³/mol. The molecule has 0 radical (unpaired) electrons. The Morgan fingerprint density at radius 2 is 1.25 bits per heavy atom. The van der Waals surface area contributed by atoms with Crippen LogP contribution in [0.15, 0.2) is 60.2 Å². The molecule has 0 aromatic heterocycles. The molecule has 0 nitrogen and oxygen atoms in total. The normalized spacial score (nSPS) is 19.0. The predicted octanol–water partition coefficient (Wildman–Crippen LogP) is 5.99. The second kappa shape index (κ2) is 14.6. The van der Waals surface area contributed by atoms with E-state index in [0.29, 0.717) is 11.3 Å². The Kier molecular flexibility index (Phi) is 12.8. The molecule has 3 aromatic rings. The fraction of sp³-hybridized carbons (Fsp3) is 0.463. The topological polar surface area (TPSA) is 0 Å². The largest absolute Gasteiger partial charge is 1.00 e. The minimum atomic E-state index is 0. The second-order valence-corrected chi connectivity index (χ2v) is 17.7. The average molecular weight is 707 g/mol. The SMILES string of the molecule is CC1=CCC(C)(C)c2cc3[cH-]c4cc5c(cc4c3cc21)C(C)=CCC5(C)C.CCC1[C-]=CC(C(C)(C)C)=C1.C[C](C)=[Zr+2].[Cl-].[Cl-]. The van der Waals surface area contributed by atoms with Crippen molar-refractivity contribution < 1.29 is 49.0 Å². The standard InChI is InChI=1S/C27H29.C11H17.C3H6.2ClH.Zr/c1-16-7-9-26(3,4)24-12-18-11-19-13-25-21(17(2)8-10-27(25,5)6)15-23(19)22(18)14-20(16)24;1-5-9-6-7-10(8-9)11(2,3)4;1-3-2;;;/h7-8,11-15H,9-10H2,1-6H3;7-9H,5H2,1-4H3;1-2H3;2*1H;/q2*-1;;;;+2/p-2. The monoisotopic (exact) mass is 704 g/mol. The van der Waals surface area contributed by atoms with E-state index in [4.69, 9.17) is 0 Å². The first-order chi connectivity index (χ1) is 19.4. The van der Waals surface area contributed by atoms with Gasteiger partial charge in [0, 0.05) is 0 Å². The van der Waals surface area contributed by atoms with E-state index in [0.717, 1.165) is 12.8 Å². The minimum Gasteiger partial charge on any atom is -1.00 e. The molecule has 44 heavy (non-hydrogen) atoms. The molecule has 0 saturated carbocycles. The maximum atomic E-state index is 3.35. The van der Waals surface area contributed by atoms with Crippen molar-refractivity contribution in [2.45, 2.75) is 113 Å². The Morgan fingerprint density at radius 1 is 0.841 bits per heavy atom. The van der Waals surface area contributed by atoms with Crippen molar-refractivity contribution in [3.63, 3.8) is 0 Å². The van der Waals surface area contributed by atoms with Crippen LogP contribution in [0.1, 0.15) is 125 Å². The van der Waals surface area contributed by atoms with Crippen LogP contribution in [0.3, 0.4) is 0 Å². The van der Waals surface area contributed by atoms with Crippen LogP contribution in [0.5, 0.6) is 0 Å². The van der Waals surface area contributed by atoms with E-state index in [2.05, 4.69) is 144 Å². The third-order valence-electron chi connectivity index (χ3n) is 9.27. The number of hydrogen-bond donors (Lipinski definition) is 0. The van der Waals surface area contributed by atoms with Gasteiger partial charge in [-0.25, -0.2) is 6.08 Å². The van der Waals surface area contributed by atoms with E-state index in [9.17, 15) is 0 Å². The van der Waals surface area contributed by atoms with Crippen molar-refractivity contribution in [1.82, 2.24) is 0 Å². The summed E-state index contributed by atoms with van der Waals surface area (Å²) >= 11 is 1.55. The molecule has 3 aliphatic carbocycles. The van der Waals surface area contributed by atoms with Gasteiger partial charge in [-0.2, -0.15) is 11.6 Å². The summed E-state index contributed by atoms with van der Waals surface area (Å²) in [6, 6.07) is 12.3. The summed E-state index contributed by atoms with van der Waals surface area (Å²) in [4.78, 5) is 0. The summed E-state index contributed by atoms with van der Waals surface area (Å²) in [6.45, 7) is 27.2. The van der Waals surface area contributed by atoms with Gasteiger partial charge in [0.2, 0.25) is 0 Å². The van der Waals surface area contributed by atoms with Gasteiger partial charge in [-0.05, 0) is 59.8 Å². The van der Waals surface area contributed by atoms with Gasteiger partial charge in [0.05, 0.1) is 0 Å². The molecule has 0 N–H and O–H groups in total. The van der Waals surface area contributed by atoms with Crippen molar-refractivity contribution in [3.05, 3.63) is 88.5 Å². The van der Waals surface area contributed by atoms with Gasteiger partial charge in [-0.15, -0.1) is 39.7 Å². The van der Waals surface area contributed by atoms with E-state index in [1.807, 2.05) is 0 Å². The van der Waals surface area contributed by atoms with Crippen molar-refractivity contribution in [3.8, 4) is 0 Å². The zero-order valence-corrected chi connectivity index (χ0v) is 33.1. The first-order valence-electron chi connectivity index (χ1n) is 15.8. The van der Waals surface area contributed by atoms with Gasteiger partial charge in [-0.3, -0.25) is 6.08 Å². The van der Waals surface area contributed by atoms with Crippen LogP contribution in [0.2, 0.25) is 0 Å². The Morgan fingerprint density at radius 3 is 1.57 bits per heavy atom. The van der Waals surface area contributed by atoms with E-state index in [1.54, 1.807) is 24.2 Å². The third-order valence-corrected chi connectivity index (χ3v) is 9.27. The number of hydrogen-bond acceptors (Lipinski definition) is 0. The molecule has 0 heterocycles. The zero-order valence-electron chi connectivity index (χ0n) is 29.2. The van der Waals surface area contributed by atoms with Gasteiger partial charge in [0.15, 0.2) is 0 Å². The van der Waals surface area contributed by atoms with Gasteiger partial charge >= 0.3 is 41.3 Å². The van der Waals surface area contributed by atoms with E-state index < -0.39 is 0 Å². The zero-order chi connectivity index (χ0) is 31.2. The van der Waals surface area contributed by atoms with Crippen molar-refractivity contribution in [1.29, 1.82) is 0 Å². The summed E-state index contributed by atoms with van der Waals surface area (Å²) < 4.78 is 1.51. The first-order valence-corrected chi connectivity index (χ1v) is 17.1. The number of allylic oxidation sites excluding steroid dienone is 8. The molecule has 1 unspecified atom stereocenters. The summed E-state index contributed by atoms with van der Waals surface area (Å²) in [7, 11) is 0. The van der Waals surface area contributed by atoms with Gasteiger partial charge in [-0.1, -0.05) is 109 Å². The molecule has 1 atom stereocenters. The molecule has 0 bridgehead atoms. The van der Waals surface area contributed by atoms with Crippen LogP contribution in [0, 0.1) is 17.4 Å². The molecular weight excluding hydrogens is 655 g/mol. The quantitative estimate of drug-likeness (QED) is 0.273. The van der Waals surface area contributed by atoms with Crippen molar-refractivity contribution in [2.24, 2.45) is 11.3 Å². The summed E-state index contributed by atoms with van der Waals surface area (Å²) in [6.07, 6.45) is 16.1. The molecule has 0 fully saturated rings. The van der Waals surface area contributed by atoms with E-state index >= 15 is 0 Å². The van der Waals surface area contributed by atoms with Crippen LogP contribution >= 0.6 is 0 Å².